The Morgan fingerprint density at radius 2 is 1.58 bits per heavy atom. The number of hydrogen-bond acceptors (Lipinski definition) is 1. The summed E-state index contributed by atoms with van der Waals surface area (Å²) in [5, 5.41) is -0.380. The third-order valence-electron chi connectivity index (χ3n) is 3.12. The molecule has 3 heteroatoms. The van der Waals surface area contributed by atoms with Crippen LogP contribution in [0.2, 0.25) is 0 Å². The lowest BCUT2D eigenvalue weighted by atomic mass is 10.1. The van der Waals surface area contributed by atoms with Crippen LogP contribution in [0.15, 0.2) is 59.5 Å². The van der Waals surface area contributed by atoms with Crippen LogP contribution in [0.1, 0.15) is 23.4 Å². The van der Waals surface area contributed by atoms with Gasteiger partial charge in [0.25, 0.3) is 0 Å². The summed E-state index contributed by atoms with van der Waals surface area (Å²) in [5.74, 6) is 0. The van der Waals surface area contributed by atoms with Crippen LogP contribution in [0, 0.1) is 6.92 Å². The molecule has 3 atom stereocenters. The Labute approximate surface area is 122 Å². The lowest BCUT2D eigenvalue weighted by Gasteiger charge is -2.18. The first-order chi connectivity index (χ1) is 9.09. The summed E-state index contributed by atoms with van der Waals surface area (Å²) in [5.41, 5.74) is 2.18. The number of hydrogen-bond donors (Lipinski definition) is 0. The fourth-order valence-corrected chi connectivity index (χ4v) is 3.54. The molecule has 0 spiro atoms. The highest BCUT2D eigenvalue weighted by molar-refractivity contribution is 7.85. The topological polar surface area (TPSA) is 17.1 Å². The van der Waals surface area contributed by atoms with Crippen molar-refractivity contribution in [3.05, 3.63) is 65.7 Å². The van der Waals surface area contributed by atoms with Crippen LogP contribution in [-0.4, -0.2) is 9.46 Å². The van der Waals surface area contributed by atoms with Gasteiger partial charge in [-0.1, -0.05) is 48.0 Å². The van der Waals surface area contributed by atoms with E-state index < -0.39 is 10.8 Å². The SMILES string of the molecule is Cc1ccc([S@](=O)[C@H](C)[C@H](Cl)c2ccccc2)cc1. The minimum atomic E-state index is -1.10. The molecule has 0 fully saturated rings. The maximum absolute atomic E-state index is 12.5. The van der Waals surface area contributed by atoms with Gasteiger partial charge >= 0.3 is 0 Å². The second-order valence-corrected chi connectivity index (χ2v) is 6.91. The van der Waals surface area contributed by atoms with Gasteiger partial charge in [-0.15, -0.1) is 11.6 Å². The molecule has 0 saturated heterocycles. The molecule has 0 aliphatic rings. The van der Waals surface area contributed by atoms with Gasteiger partial charge in [-0.3, -0.25) is 4.21 Å². The Hall–Kier alpha value is -1.12. The zero-order chi connectivity index (χ0) is 13.8. The van der Waals surface area contributed by atoms with Gasteiger partial charge in [0.15, 0.2) is 0 Å². The predicted octanol–water partition coefficient (Wildman–Crippen LogP) is 4.47. The molecule has 0 N–H and O–H groups in total. The van der Waals surface area contributed by atoms with Crippen molar-refractivity contribution in [2.75, 3.05) is 0 Å². The van der Waals surface area contributed by atoms with Crippen LogP contribution in [0.3, 0.4) is 0 Å². The molecule has 0 saturated carbocycles. The molecular weight excluding hydrogens is 276 g/mol. The van der Waals surface area contributed by atoms with Crippen LogP contribution in [0.25, 0.3) is 0 Å². The molecule has 1 nitrogen and oxygen atoms in total. The number of halogens is 1. The maximum atomic E-state index is 12.5. The van der Waals surface area contributed by atoms with Gasteiger partial charge in [0.1, 0.15) is 0 Å². The molecule has 0 unspecified atom stereocenters. The third kappa shape index (κ3) is 3.46. The highest BCUT2D eigenvalue weighted by atomic mass is 35.5. The van der Waals surface area contributed by atoms with E-state index in [1.54, 1.807) is 0 Å². The predicted molar refractivity (Wildman–Crippen MR) is 82.1 cm³/mol. The smallest absolute Gasteiger partial charge is 0.0729 e. The number of rotatable bonds is 4. The molecule has 2 rings (SSSR count). The molecule has 0 radical (unpaired) electrons. The van der Waals surface area contributed by atoms with Crippen molar-refractivity contribution in [3.63, 3.8) is 0 Å². The summed E-state index contributed by atoms with van der Waals surface area (Å²) >= 11 is 6.44. The summed E-state index contributed by atoms with van der Waals surface area (Å²) in [7, 11) is -1.10. The molecule has 0 aromatic heterocycles. The summed E-state index contributed by atoms with van der Waals surface area (Å²) in [6.45, 7) is 3.95. The highest BCUT2D eigenvalue weighted by Gasteiger charge is 2.23. The second-order valence-electron chi connectivity index (χ2n) is 4.63. The first-order valence-corrected chi connectivity index (χ1v) is 7.91. The van der Waals surface area contributed by atoms with Crippen molar-refractivity contribution in [1.29, 1.82) is 0 Å². The molecule has 2 aromatic rings. The first kappa shape index (κ1) is 14.3. The van der Waals surface area contributed by atoms with Crippen LogP contribution >= 0.6 is 11.6 Å². The lowest BCUT2D eigenvalue weighted by molar-refractivity contribution is 0.670. The van der Waals surface area contributed by atoms with E-state index in [0.29, 0.717) is 0 Å². The van der Waals surface area contributed by atoms with Crippen LogP contribution in [0.4, 0.5) is 0 Å². The largest absolute Gasteiger partial charge is 0.254 e. The van der Waals surface area contributed by atoms with Gasteiger partial charge in [0.2, 0.25) is 0 Å². The monoisotopic (exact) mass is 292 g/mol. The van der Waals surface area contributed by atoms with Crippen LogP contribution in [-0.2, 0) is 10.8 Å². The number of aryl methyl sites for hydroxylation is 1. The van der Waals surface area contributed by atoms with E-state index in [-0.39, 0.29) is 10.6 Å². The maximum Gasteiger partial charge on any atom is 0.0729 e. The van der Waals surface area contributed by atoms with Crippen molar-refractivity contribution >= 4 is 22.4 Å². The van der Waals surface area contributed by atoms with Gasteiger partial charge in [-0.05, 0) is 31.5 Å². The van der Waals surface area contributed by atoms with Gasteiger partial charge in [-0.25, -0.2) is 0 Å². The zero-order valence-electron chi connectivity index (χ0n) is 11.0. The van der Waals surface area contributed by atoms with Crippen LogP contribution in [0.5, 0.6) is 0 Å². The highest BCUT2D eigenvalue weighted by Crippen LogP contribution is 2.29. The van der Waals surface area contributed by atoms with Crippen molar-refractivity contribution in [3.8, 4) is 0 Å². The average Bonchev–Trinajstić information content (AvgIpc) is 2.46. The number of benzene rings is 2. The molecular formula is C16H17ClOS. The Morgan fingerprint density at radius 3 is 2.16 bits per heavy atom. The van der Waals surface area contributed by atoms with E-state index in [0.717, 1.165) is 10.5 Å². The molecule has 0 bridgehead atoms. The number of alkyl halides is 1. The normalized spacial score (nSPS) is 15.7. The molecule has 19 heavy (non-hydrogen) atoms. The minimum Gasteiger partial charge on any atom is -0.254 e. The first-order valence-electron chi connectivity index (χ1n) is 6.26. The van der Waals surface area contributed by atoms with E-state index in [9.17, 15) is 4.21 Å². The van der Waals surface area contributed by atoms with Crippen molar-refractivity contribution in [1.82, 2.24) is 0 Å². The zero-order valence-corrected chi connectivity index (χ0v) is 12.6. The van der Waals surface area contributed by atoms with E-state index >= 15 is 0 Å². The van der Waals surface area contributed by atoms with Crippen molar-refractivity contribution in [2.24, 2.45) is 0 Å². The standard InChI is InChI=1S/C16H17ClOS/c1-12-8-10-15(11-9-12)19(18)13(2)16(17)14-6-4-3-5-7-14/h3-11,13,16H,1-2H3/t13-,16+,19-/m1/s1. The van der Waals surface area contributed by atoms with Crippen molar-refractivity contribution < 1.29 is 4.21 Å². The fourth-order valence-electron chi connectivity index (χ4n) is 1.90. The third-order valence-corrected chi connectivity index (χ3v) is 5.58. The van der Waals surface area contributed by atoms with Crippen LogP contribution < -0.4 is 0 Å². The second kappa shape index (κ2) is 6.36. The summed E-state index contributed by atoms with van der Waals surface area (Å²) in [6.07, 6.45) is 0. The van der Waals surface area contributed by atoms with E-state index in [1.165, 1.54) is 5.56 Å². The van der Waals surface area contributed by atoms with Crippen molar-refractivity contribution in [2.45, 2.75) is 29.4 Å². The molecule has 100 valence electrons. The van der Waals surface area contributed by atoms with Gasteiger partial charge < -0.3 is 0 Å². The Bertz CT molecular complexity index is 551. The minimum absolute atomic E-state index is 0.133. The molecule has 0 heterocycles. The molecule has 0 aliphatic heterocycles. The Morgan fingerprint density at radius 1 is 1.00 bits per heavy atom. The van der Waals surface area contributed by atoms with E-state index in [1.807, 2.05) is 68.4 Å². The summed E-state index contributed by atoms with van der Waals surface area (Å²) < 4.78 is 12.5. The lowest BCUT2D eigenvalue weighted by Crippen LogP contribution is -2.17. The van der Waals surface area contributed by atoms with E-state index in [2.05, 4.69) is 0 Å². The molecule has 0 amide bonds. The molecule has 0 aliphatic carbocycles. The summed E-state index contributed by atoms with van der Waals surface area (Å²) in [4.78, 5) is 0.833. The van der Waals surface area contributed by atoms with Gasteiger partial charge in [0, 0.05) is 4.90 Å². The Balaban J connectivity index is 2.17. The molecule has 2 aromatic carbocycles. The Kier molecular flexibility index (Phi) is 4.78. The quantitative estimate of drug-likeness (QED) is 0.760. The fraction of sp³-hybridized carbons (Fsp3) is 0.250. The average molecular weight is 293 g/mol. The van der Waals surface area contributed by atoms with Gasteiger partial charge in [-0.2, -0.15) is 0 Å². The van der Waals surface area contributed by atoms with Gasteiger partial charge in [0.05, 0.1) is 21.4 Å². The summed E-state index contributed by atoms with van der Waals surface area (Å²) in [6, 6.07) is 17.6. The van der Waals surface area contributed by atoms with E-state index in [4.69, 9.17) is 11.6 Å².